The van der Waals surface area contributed by atoms with Gasteiger partial charge in [0, 0.05) is 22.4 Å². The Bertz CT molecular complexity index is 2070. The number of anilines is 1. The van der Waals surface area contributed by atoms with Crippen LogP contribution in [-0.4, -0.2) is 41.3 Å². The molecule has 0 saturated carbocycles. The van der Waals surface area contributed by atoms with E-state index in [9.17, 15) is 19.5 Å². The second-order valence-corrected chi connectivity index (χ2v) is 17.6. The number of benzene rings is 4. The molecule has 0 spiro atoms. The first-order valence-corrected chi connectivity index (χ1v) is 18.8. The average molecular weight is 732 g/mol. The third-order valence-corrected chi connectivity index (χ3v) is 11.9. The van der Waals surface area contributed by atoms with Crippen molar-refractivity contribution in [3.8, 4) is 0 Å². The van der Waals surface area contributed by atoms with Crippen LogP contribution in [0.25, 0.3) is 0 Å². The van der Waals surface area contributed by atoms with Crippen molar-refractivity contribution in [1.29, 1.82) is 0 Å². The van der Waals surface area contributed by atoms with Crippen molar-refractivity contribution in [3.05, 3.63) is 135 Å². The van der Waals surface area contributed by atoms with Crippen LogP contribution in [0, 0.1) is 0 Å². The van der Waals surface area contributed by atoms with Crippen LogP contribution >= 0.6 is 0 Å². The maximum absolute atomic E-state index is 12.7. The lowest BCUT2D eigenvalue weighted by Crippen LogP contribution is -2.35. The lowest BCUT2D eigenvalue weighted by Gasteiger charge is -2.42. The molecule has 1 saturated heterocycles. The molecular weight excluding hydrogens is 679 g/mol. The third-order valence-electron chi connectivity index (χ3n) is 11.9. The molecule has 1 aliphatic heterocycles. The summed E-state index contributed by atoms with van der Waals surface area (Å²) in [6, 6.07) is 25.5. The minimum Gasteiger partial charge on any atom is -0.478 e. The van der Waals surface area contributed by atoms with Crippen molar-refractivity contribution in [2.45, 2.75) is 109 Å². The van der Waals surface area contributed by atoms with E-state index in [1.807, 2.05) is 12.1 Å². The van der Waals surface area contributed by atoms with Gasteiger partial charge in [-0.1, -0.05) is 85.7 Å². The predicted octanol–water partition coefficient (Wildman–Crippen LogP) is 9.97. The molecule has 0 radical (unpaired) electrons. The van der Waals surface area contributed by atoms with Crippen molar-refractivity contribution < 1.29 is 34.1 Å². The fourth-order valence-corrected chi connectivity index (χ4v) is 8.17. The van der Waals surface area contributed by atoms with Gasteiger partial charge in [-0.05, 0) is 124 Å². The van der Waals surface area contributed by atoms with Gasteiger partial charge in [0.15, 0.2) is 0 Å². The van der Waals surface area contributed by atoms with Gasteiger partial charge in [0.25, 0.3) is 5.91 Å². The lowest BCUT2D eigenvalue weighted by atomic mass is 9.62. The first-order valence-electron chi connectivity index (χ1n) is 18.8. The Hall–Kier alpha value is -4.79. The molecule has 0 atom stereocenters. The Morgan fingerprint density at radius 3 is 1.37 bits per heavy atom. The molecule has 8 heteroatoms. The number of carbonyl (C=O) groups is 3. The zero-order valence-electron chi connectivity index (χ0n) is 32.8. The van der Waals surface area contributed by atoms with E-state index >= 15 is 0 Å². The maximum atomic E-state index is 12.7. The molecule has 3 N–H and O–H groups in total. The summed E-state index contributed by atoms with van der Waals surface area (Å²) in [5.41, 5.74) is 9.14. The monoisotopic (exact) mass is 731 g/mol. The number of hydrogen-bond donors (Lipinski definition) is 3. The van der Waals surface area contributed by atoms with E-state index in [4.69, 9.17) is 14.6 Å². The molecule has 1 fully saturated rings. The average Bonchev–Trinajstić information content (AvgIpc) is 3.64. The Balaban J connectivity index is 0.000000185. The molecule has 4 aromatic carbocycles. The van der Waals surface area contributed by atoms with E-state index in [0.29, 0.717) is 24.5 Å². The second-order valence-electron chi connectivity index (χ2n) is 17.6. The quantitative estimate of drug-likeness (QED) is 0.180. The van der Waals surface area contributed by atoms with Crippen LogP contribution in [0.15, 0.2) is 84.9 Å². The van der Waals surface area contributed by atoms with Gasteiger partial charge in [-0.15, -0.1) is 0 Å². The van der Waals surface area contributed by atoms with Gasteiger partial charge in [-0.3, -0.25) is 4.79 Å². The van der Waals surface area contributed by atoms with Crippen molar-refractivity contribution in [2.75, 3.05) is 18.5 Å². The number of nitrogens with one attached hydrogen (secondary N) is 1. The molecule has 0 unspecified atom stereocenters. The van der Waals surface area contributed by atoms with Crippen molar-refractivity contribution in [2.24, 2.45) is 0 Å². The summed E-state index contributed by atoms with van der Waals surface area (Å²) >= 11 is 0. The highest BCUT2D eigenvalue weighted by Crippen LogP contribution is 2.49. The van der Waals surface area contributed by atoms with Gasteiger partial charge in [-0.2, -0.15) is 0 Å². The summed E-state index contributed by atoms with van der Waals surface area (Å²) in [5, 5.41) is 21.0. The molecule has 2 aliphatic carbocycles. The third kappa shape index (κ3) is 7.46. The van der Waals surface area contributed by atoms with Crippen LogP contribution < -0.4 is 5.32 Å². The first kappa shape index (κ1) is 38.9. The molecule has 1 heterocycles. The van der Waals surface area contributed by atoms with Gasteiger partial charge in [-0.25, -0.2) is 9.59 Å². The van der Waals surface area contributed by atoms with Gasteiger partial charge in [0.05, 0.1) is 24.3 Å². The van der Waals surface area contributed by atoms with Crippen LogP contribution in [0.5, 0.6) is 0 Å². The number of carbonyl (C=O) groups excluding carboxylic acids is 1. The molecular formula is C46H53NO7. The molecule has 0 aromatic heterocycles. The fourth-order valence-electron chi connectivity index (χ4n) is 8.17. The van der Waals surface area contributed by atoms with Crippen LogP contribution in [-0.2, 0) is 36.9 Å². The summed E-state index contributed by atoms with van der Waals surface area (Å²) < 4.78 is 12.3. The first-order chi connectivity index (χ1) is 25.3. The molecule has 1 amide bonds. The van der Waals surface area contributed by atoms with Gasteiger partial charge in [0.1, 0.15) is 0 Å². The number of fused-ring (bicyclic) bond motifs is 2. The van der Waals surface area contributed by atoms with Gasteiger partial charge in [0.2, 0.25) is 5.79 Å². The molecule has 7 rings (SSSR count). The second kappa shape index (κ2) is 14.1. The van der Waals surface area contributed by atoms with E-state index in [1.165, 1.54) is 40.8 Å². The number of carboxylic acid groups (broad SMARTS) is 2. The zero-order valence-corrected chi connectivity index (χ0v) is 32.8. The normalized spacial score (nSPS) is 19.6. The highest BCUT2D eigenvalue weighted by atomic mass is 16.7. The van der Waals surface area contributed by atoms with Crippen LogP contribution in [0.4, 0.5) is 5.69 Å². The van der Waals surface area contributed by atoms with Crippen molar-refractivity contribution in [1.82, 2.24) is 0 Å². The van der Waals surface area contributed by atoms with E-state index in [2.05, 4.69) is 85.0 Å². The molecule has 4 aromatic rings. The standard InChI is InChI=1S/C24H28O4.C22H25NO3/c1-22(2)11-12-23(3,4)20-15-18(9-10-19(20)22)24(27-13-14-28-24)17-7-5-16(6-8-17)21(25)26;1-21(2)11-12-22(3,4)18-13-15(7-10-17(18)21)19(24)23-16-8-5-14(6-9-16)20(25)26/h5-10,15H,11-14H2,1-4H3,(H,25,26);5-10,13H,11-12H2,1-4H3,(H,23,24)(H,25,26). The van der Waals surface area contributed by atoms with Crippen molar-refractivity contribution in [3.63, 3.8) is 0 Å². The predicted molar refractivity (Wildman–Crippen MR) is 211 cm³/mol. The summed E-state index contributed by atoms with van der Waals surface area (Å²) in [7, 11) is 0. The fraction of sp³-hybridized carbons (Fsp3) is 0.413. The molecule has 3 aliphatic rings. The number of amides is 1. The van der Waals surface area contributed by atoms with E-state index in [0.717, 1.165) is 30.4 Å². The maximum Gasteiger partial charge on any atom is 0.335 e. The topological polar surface area (TPSA) is 122 Å². The van der Waals surface area contributed by atoms with E-state index in [-0.39, 0.29) is 38.7 Å². The lowest BCUT2D eigenvalue weighted by molar-refractivity contribution is -0.130. The smallest absolute Gasteiger partial charge is 0.335 e. The summed E-state index contributed by atoms with van der Waals surface area (Å²) in [5.74, 6) is -3.09. The number of ether oxygens (including phenoxy) is 2. The van der Waals surface area contributed by atoms with Gasteiger partial charge >= 0.3 is 11.9 Å². The zero-order chi connectivity index (χ0) is 39.3. The number of aromatic carboxylic acids is 2. The molecule has 284 valence electrons. The minimum absolute atomic E-state index is 0.0459. The highest BCUT2D eigenvalue weighted by Gasteiger charge is 2.44. The van der Waals surface area contributed by atoms with Gasteiger partial charge < -0.3 is 25.0 Å². The van der Waals surface area contributed by atoms with Crippen LogP contribution in [0.1, 0.15) is 146 Å². The summed E-state index contributed by atoms with van der Waals surface area (Å²) in [6.07, 6.45) is 4.53. The van der Waals surface area contributed by atoms with Crippen LogP contribution in [0.2, 0.25) is 0 Å². The number of rotatable bonds is 6. The largest absolute Gasteiger partial charge is 0.478 e. The van der Waals surface area contributed by atoms with E-state index in [1.54, 1.807) is 36.4 Å². The highest BCUT2D eigenvalue weighted by molar-refractivity contribution is 6.04. The number of hydrogen-bond acceptors (Lipinski definition) is 5. The Morgan fingerprint density at radius 2 is 0.889 bits per heavy atom. The molecule has 8 nitrogen and oxygen atoms in total. The minimum atomic E-state index is -0.984. The molecule has 0 bridgehead atoms. The Kier molecular flexibility index (Phi) is 10.2. The summed E-state index contributed by atoms with van der Waals surface area (Å²) in [4.78, 5) is 34.8. The van der Waals surface area contributed by atoms with Crippen LogP contribution in [0.3, 0.4) is 0 Å². The summed E-state index contributed by atoms with van der Waals surface area (Å²) in [6.45, 7) is 19.2. The number of carboxylic acids is 2. The molecule has 54 heavy (non-hydrogen) atoms. The van der Waals surface area contributed by atoms with E-state index < -0.39 is 17.7 Å². The Labute approximate surface area is 318 Å². The SMILES string of the molecule is CC1(C)CCC(C)(C)c2cc(C(=O)Nc3ccc(C(=O)O)cc3)ccc21.CC1(C)CCC(C)(C)c2cc(C3(c4ccc(C(=O)O)cc4)OCCO3)ccc21. The van der Waals surface area contributed by atoms with Crippen molar-refractivity contribution >= 4 is 23.5 Å². The Morgan fingerprint density at radius 1 is 0.500 bits per heavy atom.